The number of hydrogen-bond acceptors (Lipinski definition) is 4. The van der Waals surface area contributed by atoms with Gasteiger partial charge in [0.05, 0.1) is 11.4 Å². The predicted molar refractivity (Wildman–Crippen MR) is 102 cm³/mol. The summed E-state index contributed by atoms with van der Waals surface area (Å²) in [5, 5.41) is 8.41. The van der Waals surface area contributed by atoms with Crippen molar-refractivity contribution < 1.29 is 0 Å². The Kier molecular flexibility index (Phi) is 4.38. The van der Waals surface area contributed by atoms with Crippen LogP contribution in [0.3, 0.4) is 0 Å². The molecule has 0 saturated carbocycles. The molecule has 4 heterocycles. The third-order valence-corrected chi connectivity index (χ3v) is 4.97. The summed E-state index contributed by atoms with van der Waals surface area (Å²) in [4.78, 5) is 11.7. The average Bonchev–Trinajstić information content (AvgIpc) is 3.06. The molecular weight excluding hydrogens is 310 g/mol. The van der Waals surface area contributed by atoms with Crippen LogP contribution in [-0.4, -0.2) is 33.3 Å². The van der Waals surface area contributed by atoms with Gasteiger partial charge in [0.25, 0.3) is 0 Å². The maximum absolute atomic E-state index is 4.93. The number of nitrogens with one attached hydrogen (secondary N) is 1. The van der Waals surface area contributed by atoms with Crippen LogP contribution in [0.5, 0.6) is 0 Å². The SMILES string of the molecule is CC(C)CC1CCCN(c2cccc(-c3[nH]nc4ncccc34)n2)C1. The lowest BCUT2D eigenvalue weighted by atomic mass is 9.90. The second kappa shape index (κ2) is 6.82. The summed E-state index contributed by atoms with van der Waals surface area (Å²) in [7, 11) is 0. The third kappa shape index (κ3) is 3.36. The number of fused-ring (bicyclic) bond motifs is 1. The van der Waals surface area contributed by atoms with E-state index in [1.807, 2.05) is 18.2 Å². The molecule has 3 aromatic rings. The molecule has 1 N–H and O–H groups in total. The first-order valence-electron chi connectivity index (χ1n) is 9.22. The number of nitrogens with zero attached hydrogens (tertiary/aromatic N) is 4. The van der Waals surface area contributed by atoms with E-state index in [2.05, 4.69) is 46.1 Å². The molecule has 130 valence electrons. The topological polar surface area (TPSA) is 57.7 Å². The van der Waals surface area contributed by atoms with Gasteiger partial charge in [0.2, 0.25) is 0 Å². The normalized spacial score (nSPS) is 18.2. The highest BCUT2D eigenvalue weighted by molar-refractivity contribution is 5.89. The van der Waals surface area contributed by atoms with Crippen molar-refractivity contribution in [1.82, 2.24) is 20.2 Å². The average molecular weight is 335 g/mol. The van der Waals surface area contributed by atoms with Gasteiger partial charge in [-0.2, -0.15) is 5.10 Å². The van der Waals surface area contributed by atoms with E-state index in [0.717, 1.165) is 53.2 Å². The van der Waals surface area contributed by atoms with E-state index in [1.165, 1.54) is 19.3 Å². The van der Waals surface area contributed by atoms with Gasteiger partial charge in [-0.25, -0.2) is 9.97 Å². The van der Waals surface area contributed by atoms with Gasteiger partial charge < -0.3 is 4.90 Å². The minimum Gasteiger partial charge on any atom is -0.356 e. The lowest BCUT2D eigenvalue weighted by molar-refractivity contribution is 0.346. The number of rotatable bonds is 4. The molecule has 0 bridgehead atoms. The Morgan fingerprint density at radius 3 is 3.04 bits per heavy atom. The Hall–Kier alpha value is -2.43. The highest BCUT2D eigenvalue weighted by Crippen LogP contribution is 2.29. The van der Waals surface area contributed by atoms with Gasteiger partial charge in [-0.1, -0.05) is 19.9 Å². The van der Waals surface area contributed by atoms with Crippen LogP contribution in [0, 0.1) is 11.8 Å². The van der Waals surface area contributed by atoms with E-state index in [1.54, 1.807) is 6.20 Å². The summed E-state index contributed by atoms with van der Waals surface area (Å²) in [5.74, 6) is 2.60. The zero-order valence-electron chi connectivity index (χ0n) is 14.9. The summed E-state index contributed by atoms with van der Waals surface area (Å²) in [5.41, 5.74) is 2.61. The highest BCUT2D eigenvalue weighted by Gasteiger charge is 2.22. The van der Waals surface area contributed by atoms with Crippen molar-refractivity contribution in [2.75, 3.05) is 18.0 Å². The molecule has 0 radical (unpaired) electrons. The quantitative estimate of drug-likeness (QED) is 0.773. The summed E-state index contributed by atoms with van der Waals surface area (Å²) in [6, 6.07) is 10.2. The largest absolute Gasteiger partial charge is 0.356 e. The van der Waals surface area contributed by atoms with Gasteiger partial charge in [0, 0.05) is 24.7 Å². The van der Waals surface area contributed by atoms with Crippen molar-refractivity contribution in [2.24, 2.45) is 11.8 Å². The number of aromatic amines is 1. The van der Waals surface area contributed by atoms with E-state index in [9.17, 15) is 0 Å². The molecule has 0 amide bonds. The summed E-state index contributed by atoms with van der Waals surface area (Å²) in [6.07, 6.45) is 5.65. The molecule has 5 nitrogen and oxygen atoms in total. The van der Waals surface area contributed by atoms with Crippen molar-refractivity contribution in [3.63, 3.8) is 0 Å². The molecular formula is C20H25N5. The lowest BCUT2D eigenvalue weighted by Crippen LogP contribution is -2.36. The van der Waals surface area contributed by atoms with E-state index in [0.29, 0.717) is 0 Å². The Bertz CT molecular complexity index is 854. The Labute approximate surface area is 148 Å². The van der Waals surface area contributed by atoms with Crippen LogP contribution in [0.1, 0.15) is 33.1 Å². The summed E-state index contributed by atoms with van der Waals surface area (Å²) in [6.45, 7) is 6.83. The summed E-state index contributed by atoms with van der Waals surface area (Å²) >= 11 is 0. The van der Waals surface area contributed by atoms with Gasteiger partial charge in [-0.05, 0) is 55.4 Å². The van der Waals surface area contributed by atoms with Crippen LogP contribution >= 0.6 is 0 Å². The van der Waals surface area contributed by atoms with Crippen LogP contribution in [0.25, 0.3) is 22.4 Å². The molecule has 1 unspecified atom stereocenters. The second-order valence-electron chi connectivity index (χ2n) is 7.44. The Morgan fingerprint density at radius 2 is 2.16 bits per heavy atom. The summed E-state index contributed by atoms with van der Waals surface area (Å²) < 4.78 is 0. The van der Waals surface area contributed by atoms with Crippen LogP contribution in [0.4, 0.5) is 5.82 Å². The zero-order chi connectivity index (χ0) is 17.2. The van der Waals surface area contributed by atoms with Crippen molar-refractivity contribution in [1.29, 1.82) is 0 Å². The van der Waals surface area contributed by atoms with E-state index < -0.39 is 0 Å². The highest BCUT2D eigenvalue weighted by atomic mass is 15.2. The molecule has 1 fully saturated rings. The molecule has 0 aromatic carbocycles. The minimum atomic E-state index is 0.736. The molecule has 0 spiro atoms. The molecule has 1 aliphatic heterocycles. The third-order valence-electron chi connectivity index (χ3n) is 4.97. The lowest BCUT2D eigenvalue weighted by Gasteiger charge is -2.34. The van der Waals surface area contributed by atoms with Crippen LogP contribution in [0.2, 0.25) is 0 Å². The fourth-order valence-corrected chi connectivity index (χ4v) is 3.92. The van der Waals surface area contributed by atoms with Crippen LogP contribution in [0.15, 0.2) is 36.5 Å². The second-order valence-corrected chi connectivity index (χ2v) is 7.44. The number of aromatic nitrogens is 4. The smallest absolute Gasteiger partial charge is 0.181 e. The van der Waals surface area contributed by atoms with Crippen LogP contribution < -0.4 is 4.90 Å². The van der Waals surface area contributed by atoms with Gasteiger partial charge in [-0.3, -0.25) is 5.10 Å². The van der Waals surface area contributed by atoms with Crippen molar-refractivity contribution in [3.05, 3.63) is 36.5 Å². The van der Waals surface area contributed by atoms with Gasteiger partial charge in [0.1, 0.15) is 5.82 Å². The number of hydrogen-bond donors (Lipinski definition) is 1. The molecule has 1 aliphatic rings. The number of anilines is 1. The van der Waals surface area contributed by atoms with Gasteiger partial charge in [0.15, 0.2) is 5.65 Å². The van der Waals surface area contributed by atoms with Crippen molar-refractivity contribution in [3.8, 4) is 11.4 Å². The predicted octanol–water partition coefficient (Wildman–Crippen LogP) is 4.28. The fraction of sp³-hybridized carbons (Fsp3) is 0.450. The Morgan fingerprint density at radius 1 is 1.24 bits per heavy atom. The maximum Gasteiger partial charge on any atom is 0.181 e. The van der Waals surface area contributed by atoms with E-state index in [-0.39, 0.29) is 0 Å². The van der Waals surface area contributed by atoms with Crippen molar-refractivity contribution >= 4 is 16.9 Å². The molecule has 4 rings (SSSR count). The standard InChI is InChI=1S/C20H25N5/c1-14(2)12-15-6-5-11-25(13-15)18-9-3-8-17(22-18)19-16-7-4-10-21-20(16)24-23-19/h3-4,7-10,14-15H,5-6,11-13H2,1-2H3,(H,21,23,24). The number of pyridine rings is 2. The number of H-pyrrole nitrogens is 1. The van der Waals surface area contributed by atoms with E-state index >= 15 is 0 Å². The van der Waals surface area contributed by atoms with Crippen LogP contribution in [-0.2, 0) is 0 Å². The minimum absolute atomic E-state index is 0.736. The maximum atomic E-state index is 4.93. The first kappa shape index (κ1) is 16.1. The Balaban J connectivity index is 1.61. The zero-order valence-corrected chi connectivity index (χ0v) is 14.9. The number of piperidine rings is 1. The monoisotopic (exact) mass is 335 g/mol. The first-order chi connectivity index (χ1) is 12.2. The first-order valence-corrected chi connectivity index (χ1v) is 9.22. The molecule has 5 heteroatoms. The molecule has 1 saturated heterocycles. The molecule has 25 heavy (non-hydrogen) atoms. The van der Waals surface area contributed by atoms with Crippen molar-refractivity contribution in [2.45, 2.75) is 33.1 Å². The molecule has 3 aromatic heterocycles. The molecule has 0 aliphatic carbocycles. The van der Waals surface area contributed by atoms with Gasteiger partial charge >= 0.3 is 0 Å². The van der Waals surface area contributed by atoms with Gasteiger partial charge in [-0.15, -0.1) is 0 Å². The molecule has 1 atom stereocenters. The van der Waals surface area contributed by atoms with E-state index in [4.69, 9.17) is 4.98 Å². The fourth-order valence-electron chi connectivity index (χ4n) is 3.92.